The summed E-state index contributed by atoms with van der Waals surface area (Å²) in [7, 11) is 0. The molecular weight excluding hydrogens is 160 g/mol. The molecule has 1 nitrogen and oxygen atoms in total. The number of thiol groups is 2. The van der Waals surface area contributed by atoms with Gasteiger partial charge in [0.2, 0.25) is 0 Å². The molecule has 0 atom stereocenters. The van der Waals surface area contributed by atoms with E-state index in [1.54, 1.807) is 0 Å². The lowest BCUT2D eigenvalue weighted by Gasteiger charge is -2.05. The summed E-state index contributed by atoms with van der Waals surface area (Å²) in [6.45, 7) is 0. The van der Waals surface area contributed by atoms with E-state index in [0.29, 0.717) is 23.0 Å². The minimum absolute atomic E-state index is 0.673. The van der Waals surface area contributed by atoms with Crippen molar-refractivity contribution in [2.24, 2.45) is 0 Å². The highest BCUT2D eigenvalue weighted by Gasteiger charge is 1.99. The predicted octanol–water partition coefficient (Wildman–Crippen LogP) is 0.595. The molecule has 0 aromatic carbocycles. The van der Waals surface area contributed by atoms with Crippen molar-refractivity contribution in [2.45, 2.75) is 0 Å². The third-order valence-electron chi connectivity index (χ3n) is 0.638. The molecule has 0 saturated carbocycles. The van der Waals surface area contributed by atoms with Gasteiger partial charge in [0, 0.05) is 11.5 Å². The van der Waals surface area contributed by atoms with Crippen molar-refractivity contribution in [3.8, 4) is 0 Å². The Morgan fingerprint density at radius 3 is 1.75 bits per heavy atom. The molecule has 0 aliphatic carbocycles. The van der Waals surface area contributed by atoms with E-state index in [2.05, 4.69) is 25.3 Å². The molecule has 0 rings (SSSR count). The van der Waals surface area contributed by atoms with Crippen LogP contribution in [0.3, 0.4) is 0 Å². The Balaban J connectivity index is 2.92. The van der Waals surface area contributed by atoms with Crippen molar-refractivity contribution in [3.63, 3.8) is 0 Å². The molecule has 4 heteroatoms. The van der Waals surface area contributed by atoms with Gasteiger partial charge in [-0.15, -0.1) is 0 Å². The molecule has 0 aromatic heterocycles. The minimum atomic E-state index is -0.673. The van der Waals surface area contributed by atoms with Crippen molar-refractivity contribution >= 4 is 36.4 Å². The summed E-state index contributed by atoms with van der Waals surface area (Å²) < 4.78 is 10.7. The topological polar surface area (TPSA) is 23.1 Å². The zero-order valence-corrected chi connectivity index (χ0v) is 7.14. The van der Waals surface area contributed by atoms with Gasteiger partial charge in [0.05, 0.1) is 0 Å². The highest BCUT2D eigenvalue weighted by atomic mass is 32.2. The molecular formula is C4H10OS3. The maximum atomic E-state index is 10.7. The van der Waals surface area contributed by atoms with E-state index in [0.717, 1.165) is 0 Å². The highest BCUT2D eigenvalue weighted by molar-refractivity contribution is 7.93. The van der Waals surface area contributed by atoms with Crippen molar-refractivity contribution < 1.29 is 4.55 Å². The Kier molecular flexibility index (Phi) is 6.91. The lowest BCUT2D eigenvalue weighted by Crippen LogP contribution is -2.12. The number of hydrogen-bond acceptors (Lipinski definition) is 3. The average Bonchev–Trinajstić information content (AvgIpc) is 1.68. The van der Waals surface area contributed by atoms with Crippen molar-refractivity contribution in [1.82, 2.24) is 0 Å². The fourth-order valence-corrected chi connectivity index (χ4v) is 2.14. The van der Waals surface area contributed by atoms with Crippen LogP contribution in [0.5, 0.6) is 0 Å². The average molecular weight is 170 g/mol. The molecule has 0 heterocycles. The normalized spacial score (nSPS) is 10.5. The Hall–Kier alpha value is 1.01. The first kappa shape index (κ1) is 9.01. The van der Waals surface area contributed by atoms with Crippen LogP contribution in [0.15, 0.2) is 0 Å². The molecule has 0 amide bonds. The van der Waals surface area contributed by atoms with Crippen LogP contribution in [0, 0.1) is 0 Å². The summed E-state index contributed by atoms with van der Waals surface area (Å²) in [6.07, 6.45) is 0. The zero-order chi connectivity index (χ0) is 6.41. The summed E-state index contributed by atoms with van der Waals surface area (Å²) in [4.78, 5) is 0. The first-order chi connectivity index (χ1) is 3.81. The van der Waals surface area contributed by atoms with Gasteiger partial charge in [0.25, 0.3) is 0 Å². The molecule has 0 aliphatic heterocycles. The van der Waals surface area contributed by atoms with E-state index < -0.39 is 11.2 Å². The van der Waals surface area contributed by atoms with Crippen molar-refractivity contribution in [1.29, 1.82) is 0 Å². The van der Waals surface area contributed by atoms with Gasteiger partial charge in [0.1, 0.15) is 11.5 Å². The van der Waals surface area contributed by atoms with E-state index >= 15 is 0 Å². The van der Waals surface area contributed by atoms with Crippen molar-refractivity contribution in [3.05, 3.63) is 0 Å². The molecule has 0 saturated heterocycles. The summed E-state index contributed by atoms with van der Waals surface area (Å²) in [5, 5.41) is 0. The number of hydrogen-bond donors (Lipinski definition) is 2. The van der Waals surface area contributed by atoms with E-state index in [4.69, 9.17) is 0 Å². The largest absolute Gasteiger partial charge is 0.616 e. The van der Waals surface area contributed by atoms with Crippen LogP contribution in [-0.2, 0) is 11.2 Å². The summed E-state index contributed by atoms with van der Waals surface area (Å²) in [5.74, 6) is 2.81. The Morgan fingerprint density at radius 2 is 1.50 bits per heavy atom. The maximum absolute atomic E-state index is 10.7. The second-order valence-corrected chi connectivity index (χ2v) is 3.89. The van der Waals surface area contributed by atoms with Crippen LogP contribution in [0.2, 0.25) is 0 Å². The molecule has 8 heavy (non-hydrogen) atoms. The molecule has 0 bridgehead atoms. The summed E-state index contributed by atoms with van der Waals surface area (Å²) >= 11 is 7.20. The van der Waals surface area contributed by atoms with Gasteiger partial charge in [-0.2, -0.15) is 25.3 Å². The first-order valence-electron chi connectivity index (χ1n) is 2.38. The molecule has 50 valence electrons. The zero-order valence-electron chi connectivity index (χ0n) is 4.54. The molecule has 0 fully saturated rings. The van der Waals surface area contributed by atoms with Crippen LogP contribution in [0.25, 0.3) is 0 Å². The minimum Gasteiger partial charge on any atom is -0.616 e. The predicted molar refractivity (Wildman–Crippen MR) is 45.6 cm³/mol. The third-order valence-corrected chi connectivity index (χ3v) is 3.01. The molecule has 0 aliphatic rings. The fourth-order valence-electron chi connectivity index (χ4n) is 0.306. The van der Waals surface area contributed by atoms with Gasteiger partial charge in [-0.1, -0.05) is 11.2 Å². The number of rotatable bonds is 4. The smallest absolute Gasteiger partial charge is 0.114 e. The van der Waals surface area contributed by atoms with Crippen molar-refractivity contribution in [2.75, 3.05) is 23.0 Å². The second-order valence-electron chi connectivity index (χ2n) is 1.30. The lowest BCUT2D eigenvalue weighted by molar-refractivity contribution is 0.598. The quantitative estimate of drug-likeness (QED) is 0.468. The van der Waals surface area contributed by atoms with E-state index in [9.17, 15) is 4.55 Å². The van der Waals surface area contributed by atoms with Gasteiger partial charge in [-0.25, -0.2) is 0 Å². The van der Waals surface area contributed by atoms with E-state index in [1.807, 2.05) is 0 Å². The van der Waals surface area contributed by atoms with Gasteiger partial charge >= 0.3 is 0 Å². The van der Waals surface area contributed by atoms with Gasteiger partial charge < -0.3 is 4.55 Å². The van der Waals surface area contributed by atoms with Gasteiger partial charge in [-0.3, -0.25) is 0 Å². The van der Waals surface area contributed by atoms with E-state index in [-0.39, 0.29) is 0 Å². The Labute approximate surface area is 64.2 Å². The molecule has 0 radical (unpaired) electrons. The molecule has 0 N–H and O–H groups in total. The Bertz CT molecular complexity index is 44.5. The lowest BCUT2D eigenvalue weighted by atomic mass is 10.9. The SMILES string of the molecule is [O-][S+](CCS)CCS. The molecule has 0 spiro atoms. The fraction of sp³-hybridized carbons (Fsp3) is 1.00. The van der Waals surface area contributed by atoms with Crippen LogP contribution < -0.4 is 0 Å². The second kappa shape index (κ2) is 6.13. The summed E-state index contributed by atoms with van der Waals surface area (Å²) in [6, 6.07) is 0. The highest BCUT2D eigenvalue weighted by Crippen LogP contribution is 1.92. The summed E-state index contributed by atoms with van der Waals surface area (Å²) in [5.41, 5.74) is 0. The van der Waals surface area contributed by atoms with Gasteiger partial charge in [0.15, 0.2) is 0 Å². The first-order valence-corrected chi connectivity index (χ1v) is 5.13. The van der Waals surface area contributed by atoms with E-state index in [1.165, 1.54) is 0 Å². The monoisotopic (exact) mass is 170 g/mol. The van der Waals surface area contributed by atoms with Crippen LogP contribution in [-0.4, -0.2) is 27.6 Å². The van der Waals surface area contributed by atoms with Crippen LogP contribution in [0.4, 0.5) is 0 Å². The molecule has 0 aromatic rings. The van der Waals surface area contributed by atoms with Crippen LogP contribution in [0.1, 0.15) is 0 Å². The van der Waals surface area contributed by atoms with Gasteiger partial charge in [-0.05, 0) is 0 Å². The Morgan fingerprint density at radius 1 is 1.12 bits per heavy atom. The third kappa shape index (κ3) is 5.15. The maximum Gasteiger partial charge on any atom is 0.114 e. The van der Waals surface area contributed by atoms with Crippen LogP contribution >= 0.6 is 25.3 Å². The molecule has 0 unspecified atom stereocenters. The standard InChI is InChI=1S/C4H10OS3/c5-8(3-1-6)4-2-7/h6-7H,1-4H2.